The van der Waals surface area contributed by atoms with Crippen LogP contribution in [0.15, 0.2) is 60.9 Å². The van der Waals surface area contributed by atoms with Crippen molar-refractivity contribution >= 4 is 13.8 Å². The summed E-state index contributed by atoms with van der Waals surface area (Å²) in [6.07, 6.45) is 49.0. The predicted molar refractivity (Wildman–Crippen MR) is 219 cm³/mol. The van der Waals surface area contributed by atoms with Crippen molar-refractivity contribution < 1.29 is 32.8 Å². The monoisotopic (exact) mass is 752 g/mol. The molecule has 9 heteroatoms. The van der Waals surface area contributed by atoms with Crippen LogP contribution in [0.3, 0.4) is 0 Å². The average molecular weight is 752 g/mol. The second-order valence-corrected chi connectivity index (χ2v) is 15.0. The lowest BCUT2D eigenvalue weighted by Crippen LogP contribution is -2.27. The Kier molecular flexibility index (Phi) is 38.7. The van der Waals surface area contributed by atoms with Crippen LogP contribution >= 0.6 is 7.82 Å². The molecule has 52 heavy (non-hydrogen) atoms. The van der Waals surface area contributed by atoms with Gasteiger partial charge in [-0.2, -0.15) is 0 Å². The number of hydrogen-bond donors (Lipinski definition) is 2. The Bertz CT molecular complexity index is 979. The molecule has 2 unspecified atom stereocenters. The Morgan fingerprint density at radius 3 is 1.63 bits per heavy atom. The summed E-state index contributed by atoms with van der Waals surface area (Å²) in [6, 6.07) is 0. The molecule has 302 valence electrons. The zero-order chi connectivity index (χ0) is 38.1. The molecule has 0 bridgehead atoms. The minimum atomic E-state index is -4.30. The summed E-state index contributed by atoms with van der Waals surface area (Å²) >= 11 is 0. The summed E-state index contributed by atoms with van der Waals surface area (Å²) in [5.41, 5.74) is 5.36. The number of rotatable bonds is 39. The molecule has 0 saturated carbocycles. The second kappa shape index (κ2) is 40.2. The van der Waals surface area contributed by atoms with Crippen molar-refractivity contribution in [2.45, 2.75) is 180 Å². The molecule has 0 fully saturated rings. The van der Waals surface area contributed by atoms with Crippen LogP contribution in [0.25, 0.3) is 0 Å². The molecule has 8 nitrogen and oxygen atoms in total. The third-order valence-electron chi connectivity index (χ3n) is 8.51. The summed E-state index contributed by atoms with van der Waals surface area (Å²) in [4.78, 5) is 22.4. The number of ether oxygens (including phenoxy) is 2. The van der Waals surface area contributed by atoms with Gasteiger partial charge in [-0.05, 0) is 63.9 Å². The maximum Gasteiger partial charge on any atom is 0.472 e. The molecule has 0 aliphatic rings. The SMILES string of the molecule is CCC=CCC=CCC=CCC=CCCCCCCC(=O)OC(COC=CCCCCCCCCCCCCCCCC)COP(=O)(O)OCCN. The van der Waals surface area contributed by atoms with Crippen LogP contribution in [0.2, 0.25) is 0 Å². The Hall–Kier alpha value is -1.96. The van der Waals surface area contributed by atoms with E-state index in [-0.39, 0.29) is 38.8 Å². The Balaban J connectivity index is 4.16. The number of unbranched alkanes of at least 4 members (excludes halogenated alkanes) is 18. The first-order valence-electron chi connectivity index (χ1n) is 20.8. The van der Waals surface area contributed by atoms with Gasteiger partial charge in [0, 0.05) is 13.0 Å². The topological polar surface area (TPSA) is 117 Å². The van der Waals surface area contributed by atoms with Crippen molar-refractivity contribution in [2.75, 3.05) is 26.4 Å². The molecule has 0 aliphatic heterocycles. The number of esters is 1. The fraction of sp³-hybridized carbons (Fsp3) is 0.744. The van der Waals surface area contributed by atoms with Gasteiger partial charge in [0.25, 0.3) is 0 Å². The number of carbonyl (C=O) groups is 1. The van der Waals surface area contributed by atoms with Crippen molar-refractivity contribution in [2.24, 2.45) is 5.73 Å². The van der Waals surface area contributed by atoms with Gasteiger partial charge in [0.1, 0.15) is 6.61 Å². The van der Waals surface area contributed by atoms with Crippen molar-refractivity contribution in [1.29, 1.82) is 0 Å². The van der Waals surface area contributed by atoms with Gasteiger partial charge >= 0.3 is 13.8 Å². The summed E-state index contributed by atoms with van der Waals surface area (Å²) in [5.74, 6) is -0.377. The summed E-state index contributed by atoms with van der Waals surface area (Å²) < 4.78 is 33.1. The van der Waals surface area contributed by atoms with Gasteiger partial charge in [0.15, 0.2) is 6.10 Å². The molecule has 0 amide bonds. The highest BCUT2D eigenvalue weighted by atomic mass is 31.2. The van der Waals surface area contributed by atoms with Gasteiger partial charge < -0.3 is 20.1 Å². The molecule has 3 N–H and O–H groups in total. The van der Waals surface area contributed by atoms with E-state index in [4.69, 9.17) is 24.3 Å². The van der Waals surface area contributed by atoms with E-state index in [0.717, 1.165) is 70.6 Å². The van der Waals surface area contributed by atoms with E-state index in [9.17, 15) is 14.3 Å². The summed E-state index contributed by atoms with van der Waals surface area (Å²) in [7, 11) is -4.30. The van der Waals surface area contributed by atoms with Crippen LogP contribution in [0, 0.1) is 0 Å². The molecular weight excluding hydrogens is 673 g/mol. The van der Waals surface area contributed by atoms with E-state index in [1.54, 1.807) is 6.26 Å². The number of carbonyl (C=O) groups excluding carboxylic acids is 1. The molecule has 0 saturated heterocycles. The van der Waals surface area contributed by atoms with Gasteiger partial charge in [-0.1, -0.05) is 159 Å². The van der Waals surface area contributed by atoms with Crippen LogP contribution in [0.4, 0.5) is 0 Å². The molecule has 0 radical (unpaired) electrons. The standard InChI is InChI=1S/C43H78NO7P/c1-3-5-7-9-11-13-15-17-19-21-22-24-26-28-30-32-34-36-43(45)51-42(41-50-52(46,47)49-39-37-44)40-48-38-35-33-31-29-27-25-23-20-18-16-14-12-10-8-6-4-2/h5,7,11,13,17,19,22,24,35,38,42H,3-4,6,8-10,12,14-16,18,20-21,23,25-34,36-37,39-41,44H2,1-2H3,(H,46,47). The summed E-state index contributed by atoms with van der Waals surface area (Å²) in [6.45, 7) is 4.09. The molecule has 0 aliphatic carbocycles. The molecule has 0 aromatic heterocycles. The minimum Gasteiger partial charge on any atom is -0.498 e. The lowest BCUT2D eigenvalue weighted by atomic mass is 10.0. The zero-order valence-corrected chi connectivity index (χ0v) is 34.2. The Morgan fingerprint density at radius 2 is 1.10 bits per heavy atom. The minimum absolute atomic E-state index is 0.0206. The lowest BCUT2D eigenvalue weighted by molar-refractivity contribution is -0.153. The molecule has 2 atom stereocenters. The first-order chi connectivity index (χ1) is 25.4. The lowest BCUT2D eigenvalue weighted by Gasteiger charge is -2.19. The zero-order valence-electron chi connectivity index (χ0n) is 33.3. The molecular formula is C43H78NO7P. The highest BCUT2D eigenvalue weighted by molar-refractivity contribution is 7.47. The van der Waals surface area contributed by atoms with E-state index >= 15 is 0 Å². The van der Waals surface area contributed by atoms with E-state index in [1.807, 2.05) is 6.08 Å². The van der Waals surface area contributed by atoms with Crippen molar-refractivity contribution in [3.63, 3.8) is 0 Å². The van der Waals surface area contributed by atoms with Crippen LogP contribution < -0.4 is 5.73 Å². The van der Waals surface area contributed by atoms with Gasteiger partial charge in [-0.3, -0.25) is 13.8 Å². The maximum atomic E-state index is 12.5. The van der Waals surface area contributed by atoms with Crippen LogP contribution in [-0.4, -0.2) is 43.3 Å². The molecule has 0 spiro atoms. The van der Waals surface area contributed by atoms with Gasteiger partial charge in [0.2, 0.25) is 0 Å². The first-order valence-corrected chi connectivity index (χ1v) is 22.3. The molecule has 0 aromatic rings. The number of phosphoric acid groups is 1. The fourth-order valence-corrected chi connectivity index (χ4v) is 6.25. The number of nitrogens with two attached hydrogens (primary N) is 1. The largest absolute Gasteiger partial charge is 0.498 e. The van der Waals surface area contributed by atoms with Crippen LogP contribution in [0.1, 0.15) is 174 Å². The van der Waals surface area contributed by atoms with Gasteiger partial charge in [0.05, 0.1) is 19.5 Å². The second-order valence-electron chi connectivity index (χ2n) is 13.5. The van der Waals surface area contributed by atoms with E-state index in [1.165, 1.54) is 83.5 Å². The normalized spacial score (nSPS) is 14.1. The first kappa shape index (κ1) is 50.0. The Morgan fingerprint density at radius 1 is 0.615 bits per heavy atom. The number of phosphoric ester groups is 1. The quantitative estimate of drug-likeness (QED) is 0.0210. The molecule has 0 aromatic carbocycles. The third kappa shape index (κ3) is 39.3. The molecule has 0 heterocycles. The van der Waals surface area contributed by atoms with E-state index < -0.39 is 13.9 Å². The highest BCUT2D eigenvalue weighted by Crippen LogP contribution is 2.43. The Labute approximate surface area is 319 Å². The van der Waals surface area contributed by atoms with Crippen LogP contribution in [0.5, 0.6) is 0 Å². The average Bonchev–Trinajstić information content (AvgIpc) is 3.13. The van der Waals surface area contributed by atoms with Crippen molar-refractivity contribution in [3.05, 3.63) is 60.9 Å². The van der Waals surface area contributed by atoms with Crippen molar-refractivity contribution in [3.8, 4) is 0 Å². The number of allylic oxidation sites excluding steroid dienone is 9. The van der Waals surface area contributed by atoms with Crippen LogP contribution in [-0.2, 0) is 27.9 Å². The van der Waals surface area contributed by atoms with Crippen molar-refractivity contribution in [1.82, 2.24) is 0 Å². The molecule has 0 rings (SSSR count). The number of hydrogen-bond acceptors (Lipinski definition) is 7. The van der Waals surface area contributed by atoms with Gasteiger partial charge in [-0.25, -0.2) is 4.57 Å². The van der Waals surface area contributed by atoms with E-state index in [2.05, 4.69) is 62.5 Å². The third-order valence-corrected chi connectivity index (χ3v) is 9.50. The smallest absolute Gasteiger partial charge is 0.472 e. The maximum absolute atomic E-state index is 12.5. The fourth-order valence-electron chi connectivity index (χ4n) is 5.48. The predicted octanol–water partition coefficient (Wildman–Crippen LogP) is 12.5. The highest BCUT2D eigenvalue weighted by Gasteiger charge is 2.25. The summed E-state index contributed by atoms with van der Waals surface area (Å²) in [5, 5.41) is 0. The van der Waals surface area contributed by atoms with Gasteiger partial charge in [-0.15, -0.1) is 0 Å². The van der Waals surface area contributed by atoms with E-state index in [0.29, 0.717) is 0 Å².